The van der Waals surface area contributed by atoms with Gasteiger partial charge in [0.2, 0.25) is 5.91 Å². The highest BCUT2D eigenvalue weighted by Crippen LogP contribution is 2.30. The first-order valence-electron chi connectivity index (χ1n) is 8.58. The van der Waals surface area contributed by atoms with Gasteiger partial charge in [-0.1, -0.05) is 30.8 Å². The van der Waals surface area contributed by atoms with Gasteiger partial charge in [0, 0.05) is 0 Å². The molecule has 1 aliphatic rings. The maximum atomic E-state index is 13.1. The molecular formula is C20H20FN3O2S. The minimum atomic E-state index is -0.301. The largest absolute Gasteiger partial charge is 0.497 e. The van der Waals surface area contributed by atoms with Crippen LogP contribution >= 0.6 is 11.8 Å². The standard InChI is InChI=1S/C20H20FN3O2S/c1-3-18-19(25)24(13-15-4-8-16(21)9-5-15)20(27-18)23-22-12-14-6-10-17(26-2)11-7-14/h4-12,18H,3,13H2,1-2H3/b22-12-,23-20+/t18-/m0/s1. The van der Waals surface area contributed by atoms with E-state index in [0.29, 0.717) is 18.1 Å². The van der Waals surface area contributed by atoms with Crippen molar-refractivity contribution in [1.82, 2.24) is 4.90 Å². The lowest BCUT2D eigenvalue weighted by atomic mass is 10.2. The summed E-state index contributed by atoms with van der Waals surface area (Å²) in [5, 5.41) is 8.78. The zero-order valence-corrected chi connectivity index (χ0v) is 15.9. The molecule has 1 fully saturated rings. The van der Waals surface area contributed by atoms with Crippen molar-refractivity contribution in [3.05, 3.63) is 65.5 Å². The van der Waals surface area contributed by atoms with Crippen LogP contribution in [-0.4, -0.2) is 34.5 Å². The molecule has 0 N–H and O–H groups in total. The van der Waals surface area contributed by atoms with Crippen LogP contribution in [0.5, 0.6) is 5.75 Å². The summed E-state index contributed by atoms with van der Waals surface area (Å²) in [6, 6.07) is 13.6. The number of rotatable bonds is 6. The summed E-state index contributed by atoms with van der Waals surface area (Å²) in [5.41, 5.74) is 1.72. The van der Waals surface area contributed by atoms with Crippen molar-refractivity contribution in [2.45, 2.75) is 25.1 Å². The number of amides is 1. The average Bonchev–Trinajstić information content (AvgIpc) is 2.99. The van der Waals surface area contributed by atoms with E-state index >= 15 is 0 Å². The lowest BCUT2D eigenvalue weighted by Gasteiger charge is -2.15. The third-order valence-corrected chi connectivity index (χ3v) is 5.44. The Balaban J connectivity index is 1.77. The Kier molecular flexibility index (Phi) is 6.24. The minimum absolute atomic E-state index is 0.00484. The van der Waals surface area contributed by atoms with Gasteiger partial charge >= 0.3 is 0 Å². The highest BCUT2D eigenvalue weighted by Gasteiger charge is 2.36. The van der Waals surface area contributed by atoms with Crippen LogP contribution in [0.3, 0.4) is 0 Å². The van der Waals surface area contributed by atoms with Crippen molar-refractivity contribution in [2.24, 2.45) is 10.2 Å². The van der Waals surface area contributed by atoms with Gasteiger partial charge in [-0.2, -0.15) is 5.10 Å². The summed E-state index contributed by atoms with van der Waals surface area (Å²) in [4.78, 5) is 14.2. The molecule has 0 aromatic heterocycles. The average molecular weight is 385 g/mol. The van der Waals surface area contributed by atoms with E-state index in [4.69, 9.17) is 4.74 Å². The maximum Gasteiger partial charge on any atom is 0.242 e. The lowest BCUT2D eigenvalue weighted by Crippen LogP contribution is -2.31. The molecule has 3 rings (SSSR count). The number of nitrogens with zero attached hydrogens (tertiary/aromatic N) is 3. The molecule has 0 saturated carbocycles. The van der Waals surface area contributed by atoms with E-state index in [0.717, 1.165) is 16.9 Å². The number of amidine groups is 1. The zero-order chi connectivity index (χ0) is 19.2. The number of hydrogen-bond acceptors (Lipinski definition) is 5. The Morgan fingerprint density at radius 3 is 2.52 bits per heavy atom. The number of hydrogen-bond donors (Lipinski definition) is 0. The topological polar surface area (TPSA) is 54.3 Å². The van der Waals surface area contributed by atoms with Gasteiger partial charge in [0.05, 0.1) is 25.1 Å². The Morgan fingerprint density at radius 2 is 1.89 bits per heavy atom. The van der Waals surface area contributed by atoms with Crippen molar-refractivity contribution in [2.75, 3.05) is 7.11 Å². The SMILES string of the molecule is CC[C@@H]1S/C(=N/N=C\c2ccc(OC)cc2)N(Cc2ccc(F)cc2)C1=O. The Hall–Kier alpha value is -2.67. The molecule has 1 aliphatic heterocycles. The van der Waals surface area contributed by atoms with Crippen LogP contribution in [0.25, 0.3) is 0 Å². The van der Waals surface area contributed by atoms with Crippen molar-refractivity contribution >= 4 is 29.1 Å². The van der Waals surface area contributed by atoms with E-state index in [1.807, 2.05) is 31.2 Å². The van der Waals surface area contributed by atoms with Gasteiger partial charge < -0.3 is 4.74 Å². The fourth-order valence-corrected chi connectivity index (χ4v) is 3.62. The summed E-state index contributed by atoms with van der Waals surface area (Å²) in [6.45, 7) is 2.31. The molecule has 1 heterocycles. The second-order valence-electron chi connectivity index (χ2n) is 5.97. The molecule has 0 aliphatic carbocycles. The second-order valence-corrected chi connectivity index (χ2v) is 7.14. The summed E-state index contributed by atoms with van der Waals surface area (Å²) < 4.78 is 18.2. The molecular weight excluding hydrogens is 365 g/mol. The van der Waals surface area contributed by atoms with Crippen LogP contribution in [0.1, 0.15) is 24.5 Å². The summed E-state index contributed by atoms with van der Waals surface area (Å²) >= 11 is 1.41. The van der Waals surface area contributed by atoms with Gasteiger partial charge in [-0.25, -0.2) is 4.39 Å². The van der Waals surface area contributed by atoms with Gasteiger partial charge in [-0.05, 0) is 53.9 Å². The number of halogens is 1. The molecule has 0 spiro atoms. The monoisotopic (exact) mass is 385 g/mol. The molecule has 1 atom stereocenters. The third-order valence-electron chi connectivity index (χ3n) is 4.11. The fraction of sp³-hybridized carbons (Fsp3) is 0.250. The van der Waals surface area contributed by atoms with Crippen molar-refractivity contribution < 1.29 is 13.9 Å². The van der Waals surface area contributed by atoms with Crippen LogP contribution in [-0.2, 0) is 11.3 Å². The highest BCUT2D eigenvalue weighted by molar-refractivity contribution is 8.15. The van der Waals surface area contributed by atoms with E-state index in [1.54, 1.807) is 30.4 Å². The number of methoxy groups -OCH3 is 1. The van der Waals surface area contributed by atoms with Crippen LogP contribution in [0.15, 0.2) is 58.7 Å². The molecule has 2 aromatic rings. The minimum Gasteiger partial charge on any atom is -0.497 e. The van der Waals surface area contributed by atoms with Gasteiger partial charge in [0.1, 0.15) is 11.6 Å². The van der Waals surface area contributed by atoms with Gasteiger partial charge in [-0.3, -0.25) is 9.69 Å². The van der Waals surface area contributed by atoms with Gasteiger partial charge in [0.25, 0.3) is 0 Å². The normalized spacial score (nSPS) is 18.6. The molecule has 5 nitrogen and oxygen atoms in total. The van der Waals surface area contributed by atoms with Crippen LogP contribution in [0.2, 0.25) is 0 Å². The quantitative estimate of drug-likeness (QED) is 0.556. The first-order chi connectivity index (χ1) is 13.1. The van der Waals surface area contributed by atoms with Crippen LogP contribution in [0.4, 0.5) is 4.39 Å². The summed E-state index contributed by atoms with van der Waals surface area (Å²) in [5.74, 6) is 0.474. The molecule has 27 heavy (non-hydrogen) atoms. The first kappa shape index (κ1) is 19.1. The number of carbonyl (C=O) groups is 1. The summed E-state index contributed by atoms with van der Waals surface area (Å²) in [6.07, 6.45) is 2.34. The molecule has 0 bridgehead atoms. The number of ether oxygens (including phenoxy) is 1. The molecule has 1 amide bonds. The predicted octanol–water partition coefficient (Wildman–Crippen LogP) is 4.08. The molecule has 0 radical (unpaired) electrons. The number of thioether (sulfide) groups is 1. The Labute approximate surface area is 161 Å². The molecule has 0 unspecified atom stereocenters. The van der Waals surface area contributed by atoms with E-state index in [2.05, 4.69) is 10.2 Å². The second kappa shape index (κ2) is 8.81. The number of benzene rings is 2. The highest BCUT2D eigenvalue weighted by atomic mass is 32.2. The van der Waals surface area contributed by atoms with E-state index in [9.17, 15) is 9.18 Å². The fourth-order valence-electron chi connectivity index (χ4n) is 2.60. The van der Waals surface area contributed by atoms with Crippen LogP contribution < -0.4 is 4.74 Å². The van der Waals surface area contributed by atoms with Crippen molar-refractivity contribution in [3.63, 3.8) is 0 Å². The Bertz CT molecular complexity index is 851. The lowest BCUT2D eigenvalue weighted by molar-refractivity contribution is -0.126. The first-order valence-corrected chi connectivity index (χ1v) is 9.46. The molecule has 2 aromatic carbocycles. The molecule has 7 heteroatoms. The van der Waals surface area contributed by atoms with Crippen LogP contribution in [0, 0.1) is 5.82 Å². The zero-order valence-electron chi connectivity index (χ0n) is 15.1. The smallest absolute Gasteiger partial charge is 0.242 e. The van der Waals surface area contributed by atoms with Gasteiger partial charge in [0.15, 0.2) is 5.17 Å². The van der Waals surface area contributed by atoms with E-state index < -0.39 is 0 Å². The maximum absolute atomic E-state index is 13.1. The van der Waals surface area contributed by atoms with E-state index in [-0.39, 0.29) is 17.0 Å². The van der Waals surface area contributed by atoms with Gasteiger partial charge in [-0.15, -0.1) is 5.10 Å². The Morgan fingerprint density at radius 1 is 1.19 bits per heavy atom. The van der Waals surface area contributed by atoms with Crippen molar-refractivity contribution in [3.8, 4) is 5.75 Å². The number of carbonyl (C=O) groups excluding carboxylic acids is 1. The molecule has 1 saturated heterocycles. The molecule has 140 valence electrons. The van der Waals surface area contributed by atoms with Crippen molar-refractivity contribution in [1.29, 1.82) is 0 Å². The summed E-state index contributed by atoms with van der Waals surface area (Å²) in [7, 11) is 1.61. The third kappa shape index (κ3) is 4.74. The van der Waals surface area contributed by atoms with E-state index in [1.165, 1.54) is 23.9 Å². The predicted molar refractivity (Wildman–Crippen MR) is 107 cm³/mol.